The summed E-state index contributed by atoms with van der Waals surface area (Å²) in [5.74, 6) is 2.70. The molecule has 0 radical (unpaired) electrons. The number of nitrogens with one attached hydrogen (secondary N) is 1. The van der Waals surface area contributed by atoms with Gasteiger partial charge in [0.05, 0.1) is 0 Å². The van der Waals surface area contributed by atoms with E-state index in [9.17, 15) is 0 Å². The lowest BCUT2D eigenvalue weighted by Crippen LogP contribution is -2.46. The van der Waals surface area contributed by atoms with E-state index in [4.69, 9.17) is 0 Å². The highest BCUT2D eigenvalue weighted by atomic mass is 32.2. The average Bonchev–Trinajstić information content (AvgIpc) is 2.21. The van der Waals surface area contributed by atoms with E-state index in [1.807, 2.05) is 0 Å². The van der Waals surface area contributed by atoms with Gasteiger partial charge in [0.1, 0.15) is 0 Å². The molecule has 2 aliphatic heterocycles. The SMILES string of the molecule is C1CC(N2CCSCC2)CCN1. The van der Waals surface area contributed by atoms with Crippen LogP contribution in [0, 0.1) is 0 Å². The van der Waals surface area contributed by atoms with Crippen molar-refractivity contribution in [2.45, 2.75) is 18.9 Å². The summed E-state index contributed by atoms with van der Waals surface area (Å²) in [4.78, 5) is 2.69. The molecule has 0 bridgehead atoms. The maximum atomic E-state index is 3.42. The Bertz CT molecular complexity index is 112. The van der Waals surface area contributed by atoms with Crippen LogP contribution in [0.4, 0.5) is 0 Å². The van der Waals surface area contributed by atoms with Crippen LogP contribution in [0.3, 0.4) is 0 Å². The minimum absolute atomic E-state index is 0.896. The molecule has 0 spiro atoms. The van der Waals surface area contributed by atoms with E-state index < -0.39 is 0 Å². The first-order valence-electron chi connectivity index (χ1n) is 4.99. The first kappa shape index (κ1) is 8.85. The molecule has 2 saturated heterocycles. The van der Waals surface area contributed by atoms with E-state index in [-0.39, 0.29) is 0 Å². The van der Waals surface area contributed by atoms with E-state index in [1.165, 1.54) is 50.5 Å². The Kier molecular flexibility index (Phi) is 3.31. The molecular weight excluding hydrogens is 168 g/mol. The lowest BCUT2D eigenvalue weighted by molar-refractivity contribution is 0.178. The molecule has 2 heterocycles. The molecule has 3 heteroatoms. The molecule has 0 aromatic carbocycles. The Morgan fingerprint density at radius 3 is 2.42 bits per heavy atom. The zero-order chi connectivity index (χ0) is 8.23. The molecule has 0 amide bonds. The molecule has 1 N–H and O–H groups in total. The molecule has 2 nitrogen and oxygen atoms in total. The molecule has 2 aliphatic rings. The summed E-state index contributed by atoms with van der Waals surface area (Å²) in [6, 6.07) is 0.896. The second-order valence-corrected chi connectivity index (χ2v) is 4.85. The molecule has 0 aliphatic carbocycles. The van der Waals surface area contributed by atoms with E-state index >= 15 is 0 Å². The van der Waals surface area contributed by atoms with Gasteiger partial charge in [-0.15, -0.1) is 0 Å². The van der Waals surface area contributed by atoms with Gasteiger partial charge in [0.15, 0.2) is 0 Å². The van der Waals surface area contributed by atoms with Crippen LogP contribution in [0.25, 0.3) is 0 Å². The van der Waals surface area contributed by atoms with Crippen molar-refractivity contribution in [1.29, 1.82) is 0 Å². The molecule has 0 saturated carbocycles. The largest absolute Gasteiger partial charge is 0.317 e. The number of thioether (sulfide) groups is 1. The predicted octanol–water partition coefficient (Wildman–Crippen LogP) is 0.787. The second-order valence-electron chi connectivity index (χ2n) is 3.63. The van der Waals surface area contributed by atoms with Crippen LogP contribution >= 0.6 is 11.8 Å². The summed E-state index contributed by atoms with van der Waals surface area (Å²) < 4.78 is 0. The van der Waals surface area contributed by atoms with Crippen molar-refractivity contribution in [3.8, 4) is 0 Å². The van der Waals surface area contributed by atoms with Gasteiger partial charge in [-0.05, 0) is 25.9 Å². The first-order chi connectivity index (χ1) is 5.97. The highest BCUT2D eigenvalue weighted by Crippen LogP contribution is 2.17. The van der Waals surface area contributed by atoms with Gasteiger partial charge in [-0.3, -0.25) is 4.90 Å². The Hall–Kier alpha value is 0.270. The van der Waals surface area contributed by atoms with Crippen LogP contribution in [0.15, 0.2) is 0 Å². The Morgan fingerprint density at radius 2 is 1.75 bits per heavy atom. The molecule has 0 aromatic rings. The highest BCUT2D eigenvalue weighted by Gasteiger charge is 2.21. The summed E-state index contributed by atoms with van der Waals surface area (Å²) in [5, 5.41) is 3.42. The van der Waals surface area contributed by atoms with Gasteiger partial charge in [0.2, 0.25) is 0 Å². The van der Waals surface area contributed by atoms with Gasteiger partial charge >= 0.3 is 0 Å². The van der Waals surface area contributed by atoms with Gasteiger partial charge in [-0.25, -0.2) is 0 Å². The zero-order valence-corrected chi connectivity index (χ0v) is 8.41. The minimum atomic E-state index is 0.896. The number of hydrogen-bond acceptors (Lipinski definition) is 3. The van der Waals surface area contributed by atoms with E-state index in [2.05, 4.69) is 22.0 Å². The van der Waals surface area contributed by atoms with E-state index in [0.29, 0.717) is 0 Å². The topological polar surface area (TPSA) is 15.3 Å². The third-order valence-corrected chi connectivity index (χ3v) is 3.81. The Morgan fingerprint density at radius 1 is 1.08 bits per heavy atom. The number of rotatable bonds is 1. The van der Waals surface area contributed by atoms with Gasteiger partial charge < -0.3 is 5.32 Å². The third kappa shape index (κ3) is 2.15. The molecule has 2 rings (SSSR count). The van der Waals surface area contributed by atoms with Crippen LogP contribution in [0.1, 0.15) is 12.8 Å². The zero-order valence-electron chi connectivity index (χ0n) is 7.59. The molecule has 2 fully saturated rings. The van der Waals surface area contributed by atoms with E-state index in [0.717, 1.165) is 6.04 Å². The van der Waals surface area contributed by atoms with Crippen LogP contribution < -0.4 is 5.32 Å². The summed E-state index contributed by atoms with van der Waals surface area (Å²) in [7, 11) is 0. The van der Waals surface area contributed by atoms with Crippen LogP contribution in [-0.2, 0) is 0 Å². The fourth-order valence-corrected chi connectivity index (χ4v) is 3.05. The quantitative estimate of drug-likeness (QED) is 0.652. The van der Waals surface area contributed by atoms with E-state index in [1.54, 1.807) is 0 Å². The third-order valence-electron chi connectivity index (χ3n) is 2.87. The molecule has 12 heavy (non-hydrogen) atoms. The normalized spacial score (nSPS) is 29.0. The van der Waals surface area contributed by atoms with Crippen molar-refractivity contribution in [2.24, 2.45) is 0 Å². The summed E-state index contributed by atoms with van der Waals surface area (Å²) in [5.41, 5.74) is 0. The Balaban J connectivity index is 1.80. The van der Waals surface area contributed by atoms with Gasteiger partial charge in [0.25, 0.3) is 0 Å². The minimum Gasteiger partial charge on any atom is -0.317 e. The van der Waals surface area contributed by atoms with Crippen molar-refractivity contribution >= 4 is 11.8 Å². The monoisotopic (exact) mass is 186 g/mol. The number of piperidine rings is 1. The molecule has 0 aromatic heterocycles. The van der Waals surface area contributed by atoms with Crippen LogP contribution in [0.2, 0.25) is 0 Å². The number of hydrogen-bond donors (Lipinski definition) is 1. The van der Waals surface area contributed by atoms with Crippen molar-refractivity contribution in [1.82, 2.24) is 10.2 Å². The fourth-order valence-electron chi connectivity index (χ4n) is 2.11. The second kappa shape index (κ2) is 4.49. The van der Waals surface area contributed by atoms with Crippen LogP contribution in [0.5, 0.6) is 0 Å². The predicted molar refractivity (Wildman–Crippen MR) is 54.8 cm³/mol. The molecule has 0 atom stereocenters. The Labute approximate surface area is 79.1 Å². The summed E-state index contributed by atoms with van der Waals surface area (Å²) in [6.07, 6.45) is 2.73. The maximum absolute atomic E-state index is 3.42. The lowest BCUT2D eigenvalue weighted by Gasteiger charge is -2.36. The molecule has 0 unspecified atom stereocenters. The number of nitrogens with zero attached hydrogens (tertiary/aromatic N) is 1. The van der Waals surface area contributed by atoms with Gasteiger partial charge in [-0.2, -0.15) is 11.8 Å². The molecular formula is C9H18N2S. The smallest absolute Gasteiger partial charge is 0.0120 e. The van der Waals surface area contributed by atoms with Crippen molar-refractivity contribution in [3.05, 3.63) is 0 Å². The lowest BCUT2D eigenvalue weighted by atomic mass is 10.1. The highest BCUT2D eigenvalue weighted by molar-refractivity contribution is 7.99. The summed E-state index contributed by atoms with van der Waals surface area (Å²) in [6.45, 7) is 5.12. The van der Waals surface area contributed by atoms with Crippen molar-refractivity contribution in [3.63, 3.8) is 0 Å². The first-order valence-corrected chi connectivity index (χ1v) is 6.15. The van der Waals surface area contributed by atoms with Crippen molar-refractivity contribution in [2.75, 3.05) is 37.7 Å². The molecule has 70 valence electrons. The van der Waals surface area contributed by atoms with Gasteiger partial charge in [0, 0.05) is 30.6 Å². The average molecular weight is 186 g/mol. The maximum Gasteiger partial charge on any atom is 0.0120 e. The summed E-state index contributed by atoms with van der Waals surface area (Å²) >= 11 is 2.11. The van der Waals surface area contributed by atoms with Gasteiger partial charge in [-0.1, -0.05) is 0 Å². The van der Waals surface area contributed by atoms with Crippen molar-refractivity contribution < 1.29 is 0 Å². The van der Waals surface area contributed by atoms with Crippen LogP contribution in [-0.4, -0.2) is 48.6 Å². The fraction of sp³-hybridized carbons (Fsp3) is 1.00. The standard InChI is InChI=1S/C9H18N2S/c1-3-10-4-2-9(1)11-5-7-12-8-6-11/h9-10H,1-8H2.